The highest BCUT2D eigenvalue weighted by Crippen LogP contribution is 2.39. The summed E-state index contributed by atoms with van der Waals surface area (Å²) in [6, 6.07) is 8.83. The summed E-state index contributed by atoms with van der Waals surface area (Å²) >= 11 is 12.6. The topological polar surface area (TPSA) is 64.9 Å². The molecule has 0 spiro atoms. The van der Waals surface area contributed by atoms with Gasteiger partial charge in [0.2, 0.25) is 0 Å². The number of hydrogen-bond donors (Lipinski definition) is 2. The molecule has 0 fully saturated rings. The summed E-state index contributed by atoms with van der Waals surface area (Å²) in [4.78, 5) is 13.4. The number of carbonyl (C=O) groups is 1. The van der Waals surface area contributed by atoms with E-state index in [4.69, 9.17) is 23.8 Å². The summed E-state index contributed by atoms with van der Waals surface area (Å²) < 4.78 is 0. The van der Waals surface area contributed by atoms with Crippen LogP contribution in [0.2, 0.25) is 5.02 Å². The minimum absolute atomic E-state index is 0.183. The predicted molar refractivity (Wildman–Crippen MR) is 105 cm³/mol. The zero-order chi connectivity index (χ0) is 18.0. The number of hydrogen-bond acceptors (Lipinski definition) is 4. The first-order valence-corrected chi connectivity index (χ1v) is 9.50. The third-order valence-corrected chi connectivity index (χ3v) is 5.81. The van der Waals surface area contributed by atoms with Crippen molar-refractivity contribution in [3.8, 4) is 6.07 Å². The van der Waals surface area contributed by atoms with E-state index in [1.54, 1.807) is 35.6 Å². The predicted octanol–water partition coefficient (Wildman–Crippen LogP) is 4.52. The van der Waals surface area contributed by atoms with E-state index in [9.17, 15) is 10.1 Å². The first-order chi connectivity index (χ1) is 12.0. The molecule has 1 heterocycles. The second-order valence-corrected chi connectivity index (χ2v) is 8.03. The van der Waals surface area contributed by atoms with Gasteiger partial charge in [0.25, 0.3) is 5.91 Å². The van der Waals surface area contributed by atoms with Crippen LogP contribution in [0.15, 0.2) is 24.3 Å². The third kappa shape index (κ3) is 4.01. The van der Waals surface area contributed by atoms with Crippen LogP contribution in [0.25, 0.3) is 0 Å². The van der Waals surface area contributed by atoms with Crippen LogP contribution in [0.4, 0.5) is 5.00 Å². The Balaban J connectivity index is 1.72. The van der Waals surface area contributed by atoms with E-state index in [1.807, 2.05) is 0 Å². The first kappa shape index (κ1) is 17.9. The fourth-order valence-electron chi connectivity index (χ4n) is 2.87. The molecule has 2 aromatic rings. The summed E-state index contributed by atoms with van der Waals surface area (Å²) in [5.74, 6) is 0.310. The molecule has 0 saturated heterocycles. The second kappa shape index (κ2) is 7.52. The van der Waals surface area contributed by atoms with E-state index in [0.29, 0.717) is 27.1 Å². The average Bonchev–Trinajstić information content (AvgIpc) is 2.90. The molecule has 25 heavy (non-hydrogen) atoms. The summed E-state index contributed by atoms with van der Waals surface area (Å²) in [6.07, 6.45) is 3.00. The van der Waals surface area contributed by atoms with Gasteiger partial charge in [-0.05, 0) is 67.2 Å². The van der Waals surface area contributed by atoms with Crippen LogP contribution >= 0.6 is 35.2 Å². The maximum Gasteiger partial charge on any atom is 0.257 e. The number of carbonyl (C=O) groups excluding carboxylic acids is 1. The van der Waals surface area contributed by atoms with Crippen LogP contribution in [0.3, 0.4) is 0 Å². The Kier molecular flexibility index (Phi) is 5.38. The van der Waals surface area contributed by atoms with Crippen molar-refractivity contribution in [3.05, 3.63) is 50.9 Å². The second-order valence-electron chi connectivity index (χ2n) is 6.08. The number of amides is 1. The number of nitriles is 1. The molecule has 1 aromatic carbocycles. The fourth-order valence-corrected chi connectivity index (χ4v) is 4.62. The number of halogens is 1. The van der Waals surface area contributed by atoms with E-state index in [1.165, 1.54) is 4.88 Å². The van der Waals surface area contributed by atoms with Crippen LogP contribution in [-0.2, 0) is 12.8 Å². The molecule has 0 unspecified atom stereocenters. The van der Waals surface area contributed by atoms with Crippen molar-refractivity contribution in [3.63, 3.8) is 0 Å². The molecule has 1 amide bonds. The minimum atomic E-state index is -0.317. The highest BCUT2D eigenvalue weighted by molar-refractivity contribution is 7.80. The maximum atomic E-state index is 12.2. The molecule has 1 aliphatic rings. The van der Waals surface area contributed by atoms with Gasteiger partial charge < -0.3 is 5.32 Å². The molecule has 1 atom stereocenters. The Hall–Kier alpha value is -1.94. The van der Waals surface area contributed by atoms with Crippen molar-refractivity contribution in [1.82, 2.24) is 5.32 Å². The zero-order valence-corrected chi connectivity index (χ0v) is 15.9. The summed E-state index contributed by atoms with van der Waals surface area (Å²) in [5.41, 5.74) is 2.24. The Morgan fingerprint density at radius 2 is 2.12 bits per heavy atom. The van der Waals surface area contributed by atoms with Crippen molar-refractivity contribution < 1.29 is 4.79 Å². The third-order valence-electron chi connectivity index (χ3n) is 4.18. The van der Waals surface area contributed by atoms with Gasteiger partial charge in [-0.3, -0.25) is 10.1 Å². The van der Waals surface area contributed by atoms with E-state index >= 15 is 0 Å². The summed E-state index contributed by atoms with van der Waals surface area (Å²) in [5, 5.41) is 16.6. The van der Waals surface area contributed by atoms with Crippen molar-refractivity contribution in [1.29, 1.82) is 5.26 Å². The lowest BCUT2D eigenvalue weighted by molar-refractivity contribution is 0.0978. The van der Waals surface area contributed by atoms with Crippen LogP contribution in [-0.4, -0.2) is 11.0 Å². The van der Waals surface area contributed by atoms with Crippen molar-refractivity contribution in [2.45, 2.75) is 26.2 Å². The number of rotatable bonds is 2. The monoisotopic (exact) mass is 389 g/mol. The highest BCUT2D eigenvalue weighted by atomic mass is 35.5. The van der Waals surface area contributed by atoms with E-state index in [0.717, 1.165) is 24.8 Å². The van der Waals surface area contributed by atoms with Crippen molar-refractivity contribution in [2.24, 2.45) is 5.92 Å². The van der Waals surface area contributed by atoms with Gasteiger partial charge in [0.15, 0.2) is 5.11 Å². The quantitative estimate of drug-likeness (QED) is 0.741. The number of nitrogens with zero attached hydrogens (tertiary/aromatic N) is 1. The number of nitrogens with one attached hydrogen (secondary N) is 2. The summed E-state index contributed by atoms with van der Waals surface area (Å²) in [6.45, 7) is 2.22. The SMILES string of the molecule is C[C@@H]1CCc2c(sc(NC(=S)NC(=O)c3ccc(Cl)cc3)c2C#N)C1. The molecular formula is C18H16ClN3OS2. The van der Waals surface area contributed by atoms with Gasteiger partial charge in [0, 0.05) is 15.5 Å². The van der Waals surface area contributed by atoms with Gasteiger partial charge in [-0.1, -0.05) is 18.5 Å². The number of fused-ring (bicyclic) bond motifs is 1. The molecule has 128 valence electrons. The fraction of sp³-hybridized carbons (Fsp3) is 0.278. The molecule has 0 saturated carbocycles. The van der Waals surface area contributed by atoms with Gasteiger partial charge in [0.05, 0.1) is 5.56 Å². The molecule has 3 rings (SSSR count). The van der Waals surface area contributed by atoms with Crippen molar-refractivity contribution in [2.75, 3.05) is 5.32 Å². The largest absolute Gasteiger partial charge is 0.323 e. The molecule has 0 aliphatic heterocycles. The summed E-state index contributed by atoms with van der Waals surface area (Å²) in [7, 11) is 0. The lowest BCUT2D eigenvalue weighted by atomic mass is 9.89. The number of thiophene rings is 1. The van der Waals surface area contributed by atoms with Gasteiger partial charge in [-0.2, -0.15) is 5.26 Å². The molecule has 1 aliphatic carbocycles. The highest BCUT2D eigenvalue weighted by Gasteiger charge is 2.24. The molecule has 2 N–H and O–H groups in total. The Morgan fingerprint density at radius 3 is 2.80 bits per heavy atom. The number of anilines is 1. The Bertz CT molecular complexity index is 868. The van der Waals surface area contributed by atoms with Crippen molar-refractivity contribution >= 4 is 51.2 Å². The zero-order valence-electron chi connectivity index (χ0n) is 13.6. The molecule has 0 bridgehead atoms. The molecule has 1 aromatic heterocycles. The first-order valence-electron chi connectivity index (χ1n) is 7.90. The molecule has 0 radical (unpaired) electrons. The lowest BCUT2D eigenvalue weighted by Gasteiger charge is -2.17. The average molecular weight is 390 g/mol. The van der Waals surface area contributed by atoms with Crippen LogP contribution in [0.1, 0.15) is 39.7 Å². The van der Waals surface area contributed by atoms with E-state index in [-0.39, 0.29) is 11.0 Å². The smallest absolute Gasteiger partial charge is 0.257 e. The van der Waals surface area contributed by atoms with Gasteiger partial charge >= 0.3 is 0 Å². The van der Waals surface area contributed by atoms with E-state index < -0.39 is 0 Å². The number of thiocarbonyl (C=S) groups is 1. The normalized spacial score (nSPS) is 15.8. The number of benzene rings is 1. The Morgan fingerprint density at radius 1 is 1.40 bits per heavy atom. The minimum Gasteiger partial charge on any atom is -0.323 e. The molecule has 7 heteroatoms. The molecule has 4 nitrogen and oxygen atoms in total. The lowest BCUT2D eigenvalue weighted by Crippen LogP contribution is -2.34. The van der Waals surface area contributed by atoms with Gasteiger partial charge in [0.1, 0.15) is 11.1 Å². The van der Waals surface area contributed by atoms with Crippen LogP contribution in [0.5, 0.6) is 0 Å². The Labute approximate surface area is 160 Å². The van der Waals surface area contributed by atoms with Crippen LogP contribution in [0, 0.1) is 17.2 Å². The molecular weight excluding hydrogens is 374 g/mol. The maximum absolute atomic E-state index is 12.2. The van der Waals surface area contributed by atoms with E-state index in [2.05, 4.69) is 23.6 Å². The van der Waals surface area contributed by atoms with Crippen LogP contribution < -0.4 is 10.6 Å². The van der Waals surface area contributed by atoms with Gasteiger partial charge in [-0.25, -0.2) is 0 Å². The van der Waals surface area contributed by atoms with Gasteiger partial charge in [-0.15, -0.1) is 11.3 Å². The standard InChI is InChI=1S/C18H16ClN3OS2/c1-10-2-7-13-14(9-20)17(25-15(13)8-10)22-18(24)21-16(23)11-3-5-12(19)6-4-11/h3-6,10H,2,7-8H2,1H3,(H2,21,22,23,24)/t10-/m1/s1.